The molecule has 6 heteroatoms. The summed E-state index contributed by atoms with van der Waals surface area (Å²) in [7, 11) is -1.34. The molecule has 0 amide bonds. The van der Waals surface area contributed by atoms with Gasteiger partial charge in [0.2, 0.25) is 0 Å². The molecule has 0 fully saturated rings. The van der Waals surface area contributed by atoms with Gasteiger partial charge in [-0.3, -0.25) is 0 Å². The monoisotopic (exact) mass is 289 g/mol. The second kappa shape index (κ2) is 5.07. The largest absolute Gasteiger partial charge is 0.493 e. The second-order valence-electron chi connectivity index (χ2n) is 4.52. The fourth-order valence-corrected chi connectivity index (χ4v) is 3.39. The van der Waals surface area contributed by atoms with Gasteiger partial charge in [0, 0.05) is 29.3 Å². The Bertz CT molecular complexity index is 557. The van der Waals surface area contributed by atoms with Gasteiger partial charge in [0.1, 0.15) is 15.6 Å². The Labute approximate surface area is 112 Å². The van der Waals surface area contributed by atoms with E-state index in [1.165, 1.54) is 6.26 Å². The minimum atomic E-state index is -3.07. The molecule has 1 unspecified atom stereocenters. The van der Waals surface area contributed by atoms with E-state index < -0.39 is 9.84 Å². The maximum atomic E-state index is 11.4. The summed E-state index contributed by atoms with van der Waals surface area (Å²) in [6.45, 7) is 0.623. The van der Waals surface area contributed by atoms with Crippen molar-refractivity contribution in [2.45, 2.75) is 12.5 Å². The van der Waals surface area contributed by atoms with Gasteiger partial charge in [-0.05, 0) is 24.7 Å². The quantitative estimate of drug-likeness (QED) is 0.914. The number of sulfone groups is 1. The van der Waals surface area contributed by atoms with Crippen molar-refractivity contribution in [3.05, 3.63) is 28.3 Å². The van der Waals surface area contributed by atoms with Gasteiger partial charge in [0.15, 0.2) is 0 Å². The lowest BCUT2D eigenvalue weighted by Gasteiger charge is -2.18. The van der Waals surface area contributed by atoms with Crippen molar-refractivity contribution >= 4 is 21.4 Å². The molecule has 1 aliphatic rings. The summed E-state index contributed by atoms with van der Waals surface area (Å²) in [5.74, 6) is 0.807. The van der Waals surface area contributed by atoms with Crippen LogP contribution in [0.4, 0.5) is 0 Å². The Morgan fingerprint density at radius 2 is 2.22 bits per heavy atom. The smallest absolute Gasteiger partial charge is 0.149 e. The molecular weight excluding hydrogens is 274 g/mol. The zero-order valence-electron chi connectivity index (χ0n) is 10.4. The van der Waals surface area contributed by atoms with Gasteiger partial charge in [-0.15, -0.1) is 0 Å². The van der Waals surface area contributed by atoms with E-state index in [2.05, 4.69) is 5.32 Å². The van der Waals surface area contributed by atoms with Crippen LogP contribution in [0.25, 0.3) is 0 Å². The maximum absolute atomic E-state index is 11.4. The molecule has 0 aromatic heterocycles. The topological polar surface area (TPSA) is 55.4 Å². The lowest BCUT2D eigenvalue weighted by atomic mass is 10.0. The summed E-state index contributed by atoms with van der Waals surface area (Å²) in [5, 5.41) is 3.63. The minimum absolute atomic E-state index is 0.0274. The highest BCUT2D eigenvalue weighted by molar-refractivity contribution is 7.90. The van der Waals surface area contributed by atoms with Gasteiger partial charge in [0.05, 0.1) is 12.4 Å². The van der Waals surface area contributed by atoms with Crippen molar-refractivity contribution in [2.24, 2.45) is 0 Å². The van der Waals surface area contributed by atoms with E-state index in [0.29, 0.717) is 11.6 Å². The molecule has 1 heterocycles. The van der Waals surface area contributed by atoms with Gasteiger partial charge in [0.25, 0.3) is 0 Å². The number of nitrogens with one attached hydrogen (secondary N) is 1. The molecule has 0 aliphatic carbocycles. The predicted octanol–water partition coefficient (Wildman–Crippen LogP) is 1.58. The minimum Gasteiger partial charge on any atom is -0.493 e. The van der Waals surface area contributed by atoms with Crippen molar-refractivity contribution in [1.82, 2.24) is 5.32 Å². The van der Waals surface area contributed by atoms with Crippen molar-refractivity contribution in [3.63, 3.8) is 0 Å². The van der Waals surface area contributed by atoms with Crippen LogP contribution in [0.3, 0.4) is 0 Å². The van der Waals surface area contributed by atoms with E-state index in [9.17, 15) is 8.42 Å². The van der Waals surface area contributed by atoms with Gasteiger partial charge >= 0.3 is 0 Å². The molecule has 0 spiro atoms. The van der Waals surface area contributed by atoms with Crippen LogP contribution in [-0.4, -0.2) is 34.1 Å². The van der Waals surface area contributed by atoms with Crippen LogP contribution in [0, 0.1) is 0 Å². The molecule has 100 valence electrons. The fourth-order valence-electron chi connectivity index (χ4n) is 2.19. The third-order valence-corrected chi connectivity index (χ3v) is 4.13. The lowest BCUT2D eigenvalue weighted by Crippen LogP contribution is -2.25. The number of ether oxygens (including phenoxy) is 1. The van der Waals surface area contributed by atoms with Gasteiger partial charge in [-0.25, -0.2) is 8.42 Å². The van der Waals surface area contributed by atoms with Crippen molar-refractivity contribution in [1.29, 1.82) is 0 Å². The standard InChI is InChI=1S/C12H16ClNO3S/c1-14-11(7-18(2,15)16)10-6-9(13)5-8-3-4-17-12(8)10/h5-6,11,14H,3-4,7H2,1-2H3. The zero-order valence-corrected chi connectivity index (χ0v) is 11.9. The summed E-state index contributed by atoms with van der Waals surface area (Å²) in [6, 6.07) is 3.35. The summed E-state index contributed by atoms with van der Waals surface area (Å²) >= 11 is 6.07. The van der Waals surface area contributed by atoms with Crippen molar-refractivity contribution < 1.29 is 13.2 Å². The average molecular weight is 290 g/mol. The number of hydrogen-bond donors (Lipinski definition) is 1. The van der Waals surface area contributed by atoms with E-state index in [0.717, 1.165) is 23.3 Å². The highest BCUT2D eigenvalue weighted by Gasteiger charge is 2.24. The van der Waals surface area contributed by atoms with E-state index in [1.54, 1.807) is 13.1 Å². The van der Waals surface area contributed by atoms with Crippen molar-refractivity contribution in [3.8, 4) is 5.75 Å². The first-order chi connectivity index (χ1) is 8.40. The molecule has 1 atom stereocenters. The van der Waals surface area contributed by atoms with Crippen LogP contribution < -0.4 is 10.1 Å². The molecular formula is C12H16ClNO3S. The van der Waals surface area contributed by atoms with Gasteiger partial charge in [-0.2, -0.15) is 0 Å². The molecule has 1 N–H and O–H groups in total. The highest BCUT2D eigenvalue weighted by Crippen LogP contribution is 2.36. The number of benzene rings is 1. The molecule has 0 saturated heterocycles. The van der Waals surface area contributed by atoms with E-state index in [1.807, 2.05) is 6.07 Å². The lowest BCUT2D eigenvalue weighted by molar-refractivity contribution is 0.350. The third kappa shape index (κ3) is 2.96. The molecule has 0 saturated carbocycles. The summed E-state index contributed by atoms with van der Waals surface area (Å²) < 4.78 is 28.5. The van der Waals surface area contributed by atoms with Crippen LogP contribution in [-0.2, 0) is 16.3 Å². The third-order valence-electron chi connectivity index (χ3n) is 2.97. The van der Waals surface area contributed by atoms with Crippen LogP contribution in [0.5, 0.6) is 5.75 Å². The Morgan fingerprint density at radius 1 is 1.50 bits per heavy atom. The van der Waals surface area contributed by atoms with E-state index in [4.69, 9.17) is 16.3 Å². The molecule has 2 rings (SSSR count). The van der Waals surface area contributed by atoms with Crippen molar-refractivity contribution in [2.75, 3.05) is 25.7 Å². The predicted molar refractivity (Wildman–Crippen MR) is 72.2 cm³/mol. The van der Waals surface area contributed by atoms with Crippen LogP contribution in [0.15, 0.2) is 12.1 Å². The Hall–Kier alpha value is -0.780. The summed E-state index contributed by atoms with van der Waals surface area (Å²) in [4.78, 5) is 0. The first-order valence-corrected chi connectivity index (χ1v) is 8.14. The summed E-state index contributed by atoms with van der Waals surface area (Å²) in [6.07, 6.45) is 2.04. The maximum Gasteiger partial charge on any atom is 0.149 e. The molecule has 1 aromatic rings. The van der Waals surface area contributed by atoms with E-state index >= 15 is 0 Å². The summed E-state index contributed by atoms with van der Waals surface area (Å²) in [5.41, 5.74) is 1.87. The molecule has 0 radical (unpaired) electrons. The Morgan fingerprint density at radius 3 is 2.83 bits per heavy atom. The van der Waals surface area contributed by atoms with Crippen LogP contribution in [0.2, 0.25) is 5.02 Å². The van der Waals surface area contributed by atoms with Crippen LogP contribution >= 0.6 is 11.6 Å². The average Bonchev–Trinajstić information content (AvgIpc) is 2.71. The first-order valence-electron chi connectivity index (χ1n) is 5.71. The SMILES string of the molecule is CNC(CS(C)(=O)=O)c1cc(Cl)cc2c1OCC2. The molecule has 4 nitrogen and oxygen atoms in total. The van der Waals surface area contributed by atoms with Gasteiger partial charge in [-0.1, -0.05) is 11.6 Å². The normalized spacial score (nSPS) is 16.2. The molecule has 1 aliphatic heterocycles. The Kier molecular flexibility index (Phi) is 3.84. The molecule has 0 bridgehead atoms. The van der Waals surface area contributed by atoms with E-state index in [-0.39, 0.29) is 11.8 Å². The highest BCUT2D eigenvalue weighted by atomic mass is 35.5. The Balaban J connectivity index is 2.42. The second-order valence-corrected chi connectivity index (χ2v) is 7.14. The number of fused-ring (bicyclic) bond motifs is 1. The number of halogens is 1. The zero-order chi connectivity index (χ0) is 13.3. The molecule has 1 aromatic carbocycles. The molecule has 18 heavy (non-hydrogen) atoms. The van der Waals surface area contributed by atoms with Crippen LogP contribution in [0.1, 0.15) is 17.2 Å². The fraction of sp³-hybridized carbons (Fsp3) is 0.500. The first kappa shape index (κ1) is 13.6. The number of rotatable bonds is 4. The van der Waals surface area contributed by atoms with Gasteiger partial charge < -0.3 is 10.1 Å². The number of hydrogen-bond acceptors (Lipinski definition) is 4.